The minimum Gasteiger partial charge on any atom is -0.486 e. The van der Waals surface area contributed by atoms with Crippen molar-refractivity contribution >= 4 is 11.6 Å². The van der Waals surface area contributed by atoms with E-state index in [1.165, 1.54) is 18.4 Å². The van der Waals surface area contributed by atoms with Gasteiger partial charge in [0.25, 0.3) is 0 Å². The minimum absolute atomic E-state index is 0.431. The first kappa shape index (κ1) is 13.4. The van der Waals surface area contributed by atoms with Crippen molar-refractivity contribution in [3.05, 3.63) is 58.9 Å². The van der Waals surface area contributed by atoms with E-state index < -0.39 is 0 Å². The van der Waals surface area contributed by atoms with Crippen molar-refractivity contribution in [2.75, 3.05) is 0 Å². The average Bonchev–Trinajstić information content (AvgIpc) is 3.29. The molecule has 104 valence electrons. The van der Waals surface area contributed by atoms with Crippen molar-refractivity contribution in [2.24, 2.45) is 0 Å². The molecule has 1 aromatic heterocycles. The Morgan fingerprint density at radius 2 is 2.15 bits per heavy atom. The highest BCUT2D eigenvalue weighted by molar-refractivity contribution is 6.32. The monoisotopic (exact) mass is 288 g/mol. The predicted molar refractivity (Wildman–Crippen MR) is 79.9 cm³/mol. The molecule has 0 amide bonds. The van der Waals surface area contributed by atoms with Gasteiger partial charge in [0.1, 0.15) is 12.4 Å². The van der Waals surface area contributed by atoms with Gasteiger partial charge in [0.15, 0.2) is 0 Å². The van der Waals surface area contributed by atoms with Crippen molar-refractivity contribution in [3.8, 4) is 5.75 Å². The Hall–Kier alpha value is -1.58. The van der Waals surface area contributed by atoms with E-state index in [2.05, 4.69) is 16.4 Å². The second-order valence-corrected chi connectivity index (χ2v) is 5.44. The quantitative estimate of drug-likeness (QED) is 0.882. The molecule has 0 atom stereocenters. The first-order valence-electron chi connectivity index (χ1n) is 6.86. The number of halogens is 1. The summed E-state index contributed by atoms with van der Waals surface area (Å²) in [4.78, 5) is 4.22. The molecular weight excluding hydrogens is 272 g/mol. The van der Waals surface area contributed by atoms with Crippen molar-refractivity contribution in [3.63, 3.8) is 0 Å². The highest BCUT2D eigenvalue weighted by Crippen LogP contribution is 2.27. The molecular formula is C16H17ClN2O. The summed E-state index contributed by atoms with van der Waals surface area (Å²) in [6, 6.07) is 12.4. The molecule has 1 aliphatic rings. The van der Waals surface area contributed by atoms with Gasteiger partial charge in [-0.2, -0.15) is 0 Å². The summed E-state index contributed by atoms with van der Waals surface area (Å²) in [6.45, 7) is 1.30. The molecule has 3 nitrogen and oxygen atoms in total. The maximum Gasteiger partial charge on any atom is 0.138 e. The number of ether oxygens (including phenoxy) is 1. The second kappa shape index (κ2) is 6.25. The first-order valence-corrected chi connectivity index (χ1v) is 7.23. The molecule has 1 heterocycles. The second-order valence-electron chi connectivity index (χ2n) is 5.03. The number of rotatable bonds is 6. The van der Waals surface area contributed by atoms with Crippen LogP contribution in [0, 0.1) is 0 Å². The zero-order valence-electron chi connectivity index (χ0n) is 11.2. The van der Waals surface area contributed by atoms with E-state index in [9.17, 15) is 0 Å². The maximum atomic E-state index is 6.25. The van der Waals surface area contributed by atoms with Crippen molar-refractivity contribution < 1.29 is 4.74 Å². The summed E-state index contributed by atoms with van der Waals surface area (Å²) in [5.74, 6) is 0.701. The third-order valence-corrected chi connectivity index (χ3v) is 3.57. The largest absolute Gasteiger partial charge is 0.486 e. The Bertz CT molecular complexity index is 570. The van der Waals surface area contributed by atoms with E-state index in [0.29, 0.717) is 23.4 Å². The fourth-order valence-electron chi connectivity index (χ4n) is 1.96. The zero-order chi connectivity index (χ0) is 13.8. The van der Waals surface area contributed by atoms with Crippen LogP contribution in [0.1, 0.15) is 24.1 Å². The summed E-state index contributed by atoms with van der Waals surface area (Å²) in [6.07, 6.45) is 4.34. The van der Waals surface area contributed by atoms with Gasteiger partial charge in [-0.25, -0.2) is 0 Å². The summed E-state index contributed by atoms with van der Waals surface area (Å²) >= 11 is 6.25. The molecule has 0 spiro atoms. The van der Waals surface area contributed by atoms with Crippen LogP contribution in [0.2, 0.25) is 5.02 Å². The Morgan fingerprint density at radius 1 is 1.25 bits per heavy atom. The lowest BCUT2D eigenvalue weighted by atomic mass is 10.2. The molecule has 1 saturated carbocycles. The first-order chi connectivity index (χ1) is 9.81. The Labute approximate surface area is 123 Å². The van der Waals surface area contributed by atoms with E-state index in [1.807, 2.05) is 30.3 Å². The van der Waals surface area contributed by atoms with Gasteiger partial charge < -0.3 is 10.1 Å². The average molecular weight is 289 g/mol. The van der Waals surface area contributed by atoms with Gasteiger partial charge in [-0.3, -0.25) is 4.98 Å². The van der Waals surface area contributed by atoms with Crippen LogP contribution in [-0.4, -0.2) is 11.0 Å². The third kappa shape index (κ3) is 3.71. The topological polar surface area (TPSA) is 34.1 Å². The van der Waals surface area contributed by atoms with Crippen molar-refractivity contribution in [2.45, 2.75) is 32.0 Å². The number of benzene rings is 1. The van der Waals surface area contributed by atoms with Gasteiger partial charge >= 0.3 is 0 Å². The van der Waals surface area contributed by atoms with Gasteiger partial charge in [-0.15, -0.1) is 0 Å². The number of aromatic nitrogens is 1. The Balaban J connectivity index is 1.58. The SMILES string of the molecule is Clc1cc(CNC2CC2)ccc1OCc1ccccn1. The predicted octanol–water partition coefficient (Wildman–Crippen LogP) is 3.57. The van der Waals surface area contributed by atoms with E-state index in [4.69, 9.17) is 16.3 Å². The molecule has 0 radical (unpaired) electrons. The van der Waals surface area contributed by atoms with E-state index >= 15 is 0 Å². The lowest BCUT2D eigenvalue weighted by molar-refractivity contribution is 0.301. The van der Waals surface area contributed by atoms with Crippen LogP contribution >= 0.6 is 11.6 Å². The normalized spacial score (nSPS) is 14.2. The van der Waals surface area contributed by atoms with Crippen LogP contribution in [-0.2, 0) is 13.2 Å². The van der Waals surface area contributed by atoms with Crippen molar-refractivity contribution in [1.29, 1.82) is 0 Å². The molecule has 1 N–H and O–H groups in total. The van der Waals surface area contributed by atoms with Crippen molar-refractivity contribution in [1.82, 2.24) is 10.3 Å². The number of nitrogens with zero attached hydrogens (tertiary/aromatic N) is 1. The molecule has 0 bridgehead atoms. The number of hydrogen-bond donors (Lipinski definition) is 1. The van der Waals surface area contributed by atoms with Gasteiger partial charge in [0.05, 0.1) is 10.7 Å². The lowest BCUT2D eigenvalue weighted by Gasteiger charge is -2.09. The molecule has 1 aromatic carbocycles. The van der Waals surface area contributed by atoms with Gasteiger partial charge in [-0.05, 0) is 42.7 Å². The molecule has 0 saturated heterocycles. The highest BCUT2D eigenvalue weighted by Gasteiger charge is 2.20. The van der Waals surface area contributed by atoms with Gasteiger partial charge in [-0.1, -0.05) is 23.7 Å². The molecule has 2 aromatic rings. The molecule has 1 aliphatic carbocycles. The third-order valence-electron chi connectivity index (χ3n) is 3.27. The molecule has 20 heavy (non-hydrogen) atoms. The fraction of sp³-hybridized carbons (Fsp3) is 0.312. The number of pyridine rings is 1. The molecule has 3 rings (SSSR count). The van der Waals surface area contributed by atoms with Crippen LogP contribution < -0.4 is 10.1 Å². The molecule has 4 heteroatoms. The van der Waals surface area contributed by atoms with Gasteiger partial charge in [0, 0.05) is 18.8 Å². The number of hydrogen-bond acceptors (Lipinski definition) is 3. The van der Waals surface area contributed by atoms with Crippen LogP contribution in [0.25, 0.3) is 0 Å². The smallest absolute Gasteiger partial charge is 0.138 e. The van der Waals surface area contributed by atoms with E-state index in [0.717, 1.165) is 12.2 Å². The summed E-state index contributed by atoms with van der Waals surface area (Å²) < 4.78 is 5.70. The van der Waals surface area contributed by atoms with Gasteiger partial charge in [0.2, 0.25) is 0 Å². The minimum atomic E-state index is 0.431. The maximum absolute atomic E-state index is 6.25. The van der Waals surface area contributed by atoms with E-state index in [-0.39, 0.29) is 0 Å². The Morgan fingerprint density at radius 3 is 2.85 bits per heavy atom. The van der Waals surface area contributed by atoms with Crippen LogP contribution in [0.15, 0.2) is 42.6 Å². The van der Waals surface area contributed by atoms with Crippen LogP contribution in [0.3, 0.4) is 0 Å². The molecule has 0 aliphatic heterocycles. The molecule has 0 unspecified atom stereocenters. The fourth-order valence-corrected chi connectivity index (χ4v) is 2.21. The summed E-state index contributed by atoms with van der Waals surface area (Å²) in [7, 11) is 0. The van der Waals surface area contributed by atoms with Crippen LogP contribution in [0.4, 0.5) is 0 Å². The summed E-state index contributed by atoms with van der Waals surface area (Å²) in [5, 5.41) is 4.12. The van der Waals surface area contributed by atoms with E-state index in [1.54, 1.807) is 6.20 Å². The zero-order valence-corrected chi connectivity index (χ0v) is 11.9. The van der Waals surface area contributed by atoms with Crippen LogP contribution in [0.5, 0.6) is 5.75 Å². The Kier molecular flexibility index (Phi) is 4.19. The lowest BCUT2D eigenvalue weighted by Crippen LogP contribution is -2.15. The highest BCUT2D eigenvalue weighted by atomic mass is 35.5. The molecule has 1 fully saturated rings. The summed E-state index contributed by atoms with van der Waals surface area (Å²) in [5.41, 5.74) is 2.08. The standard InChI is InChI=1S/C16H17ClN2O/c17-15-9-12(10-19-13-5-6-13)4-7-16(15)20-11-14-3-1-2-8-18-14/h1-4,7-9,13,19H,5-6,10-11H2. The number of nitrogens with one attached hydrogen (secondary N) is 1.